The van der Waals surface area contributed by atoms with Crippen LogP contribution in [0.25, 0.3) is 22.4 Å². The van der Waals surface area contributed by atoms with E-state index in [4.69, 9.17) is 22.1 Å². The summed E-state index contributed by atoms with van der Waals surface area (Å²) in [6.07, 6.45) is 2.61. The van der Waals surface area contributed by atoms with Crippen molar-refractivity contribution in [3.05, 3.63) is 82.0 Å². The minimum atomic E-state index is -0.287. The highest BCUT2D eigenvalue weighted by Gasteiger charge is 2.24. The lowest BCUT2D eigenvalue weighted by Gasteiger charge is -2.21. The van der Waals surface area contributed by atoms with Crippen LogP contribution in [0.5, 0.6) is 5.75 Å². The van der Waals surface area contributed by atoms with E-state index in [1.165, 1.54) is 0 Å². The molecule has 0 bridgehead atoms. The van der Waals surface area contributed by atoms with Crippen molar-refractivity contribution < 1.29 is 9.53 Å². The number of nitrogens with zero attached hydrogens (tertiary/aromatic N) is 4. The van der Waals surface area contributed by atoms with Crippen molar-refractivity contribution in [1.82, 2.24) is 19.4 Å². The number of pyridine rings is 1. The Hall–Kier alpha value is -3.72. The molecule has 0 fully saturated rings. The van der Waals surface area contributed by atoms with Gasteiger partial charge in [0.25, 0.3) is 5.91 Å². The van der Waals surface area contributed by atoms with Gasteiger partial charge in [0.1, 0.15) is 5.75 Å². The first-order chi connectivity index (χ1) is 18.3. The summed E-state index contributed by atoms with van der Waals surface area (Å²) in [5.74, 6) is 0.795. The Morgan fingerprint density at radius 1 is 1.16 bits per heavy atom. The summed E-state index contributed by atoms with van der Waals surface area (Å²) < 4.78 is 7.40. The Balaban J connectivity index is 1.47. The number of anilines is 1. The summed E-state index contributed by atoms with van der Waals surface area (Å²) in [6.45, 7) is 4.06. The molecule has 0 saturated carbocycles. The third kappa shape index (κ3) is 4.67. The van der Waals surface area contributed by atoms with E-state index in [2.05, 4.69) is 27.2 Å². The normalized spacial score (nSPS) is 13.3. The first kappa shape index (κ1) is 25.9. The number of amides is 1. The quantitative estimate of drug-likeness (QED) is 0.371. The average Bonchev–Trinajstić information content (AvgIpc) is 3.25. The lowest BCUT2D eigenvalue weighted by atomic mass is 9.94. The van der Waals surface area contributed by atoms with Gasteiger partial charge in [-0.3, -0.25) is 9.78 Å². The SMILES string of the molecule is COc1cc(-c2cccc(-c3cccc(NC(=O)c4nc5c(n4C)CCN(C)C5)c3Cl)c2C)ncc1CN. The molecule has 0 atom stereocenters. The molecule has 196 valence electrons. The van der Waals surface area contributed by atoms with Crippen LogP contribution in [0.2, 0.25) is 5.02 Å². The van der Waals surface area contributed by atoms with Crippen LogP contribution < -0.4 is 15.8 Å². The molecule has 8 nitrogen and oxygen atoms in total. The van der Waals surface area contributed by atoms with Crippen LogP contribution in [0, 0.1) is 6.92 Å². The molecule has 2 aromatic heterocycles. The molecule has 0 radical (unpaired) electrons. The molecule has 0 spiro atoms. The number of nitrogens with two attached hydrogens (primary N) is 1. The van der Waals surface area contributed by atoms with Crippen molar-refractivity contribution in [3.8, 4) is 28.1 Å². The van der Waals surface area contributed by atoms with Crippen molar-refractivity contribution >= 4 is 23.2 Å². The number of ether oxygens (including phenoxy) is 1. The van der Waals surface area contributed by atoms with E-state index in [1.807, 2.05) is 54.9 Å². The number of imidazole rings is 1. The zero-order chi connectivity index (χ0) is 27.0. The maximum Gasteiger partial charge on any atom is 0.291 e. The van der Waals surface area contributed by atoms with Crippen LogP contribution >= 0.6 is 11.6 Å². The van der Waals surface area contributed by atoms with Gasteiger partial charge in [0.2, 0.25) is 0 Å². The summed E-state index contributed by atoms with van der Waals surface area (Å²) in [4.78, 5) is 24.7. The van der Waals surface area contributed by atoms with E-state index in [-0.39, 0.29) is 5.91 Å². The van der Waals surface area contributed by atoms with Gasteiger partial charge in [-0.1, -0.05) is 41.9 Å². The van der Waals surface area contributed by atoms with Gasteiger partial charge in [0, 0.05) is 67.8 Å². The molecule has 0 aliphatic carbocycles. The van der Waals surface area contributed by atoms with Crippen molar-refractivity contribution in [2.45, 2.75) is 26.4 Å². The van der Waals surface area contributed by atoms with Crippen LogP contribution in [0.3, 0.4) is 0 Å². The number of carbonyl (C=O) groups excluding carboxylic acids is 1. The third-order valence-electron chi connectivity index (χ3n) is 7.18. The molecule has 0 saturated heterocycles. The Morgan fingerprint density at radius 3 is 2.66 bits per heavy atom. The highest BCUT2D eigenvalue weighted by molar-refractivity contribution is 6.36. The molecule has 3 N–H and O–H groups in total. The number of hydrogen-bond acceptors (Lipinski definition) is 6. The number of halogens is 1. The maximum absolute atomic E-state index is 13.3. The number of methoxy groups -OCH3 is 1. The first-order valence-corrected chi connectivity index (χ1v) is 12.9. The maximum atomic E-state index is 13.3. The Bertz CT molecular complexity index is 1530. The van der Waals surface area contributed by atoms with Gasteiger partial charge in [-0.05, 0) is 31.2 Å². The molecule has 2 aromatic carbocycles. The number of likely N-dealkylation sites (N-methyl/N-ethyl adjacent to an activating group) is 1. The van der Waals surface area contributed by atoms with Crippen LogP contribution in [-0.2, 0) is 26.6 Å². The lowest BCUT2D eigenvalue weighted by molar-refractivity contribution is 0.101. The molecule has 1 aliphatic rings. The fourth-order valence-corrected chi connectivity index (χ4v) is 5.31. The Labute approximate surface area is 227 Å². The molecule has 1 amide bonds. The second kappa shape index (κ2) is 10.6. The van der Waals surface area contributed by atoms with E-state index in [9.17, 15) is 4.79 Å². The predicted octanol–water partition coefficient (Wildman–Crippen LogP) is 4.82. The van der Waals surface area contributed by atoms with E-state index in [1.54, 1.807) is 19.4 Å². The zero-order valence-corrected chi connectivity index (χ0v) is 22.8. The number of benzene rings is 2. The fraction of sp³-hybridized carbons (Fsp3) is 0.276. The summed E-state index contributed by atoms with van der Waals surface area (Å²) >= 11 is 6.89. The van der Waals surface area contributed by atoms with Crippen molar-refractivity contribution in [2.24, 2.45) is 12.8 Å². The van der Waals surface area contributed by atoms with Gasteiger partial charge < -0.3 is 25.3 Å². The summed E-state index contributed by atoms with van der Waals surface area (Å²) in [6, 6.07) is 13.5. The molecular weight excluding hydrogens is 500 g/mol. The van der Waals surface area contributed by atoms with Crippen molar-refractivity contribution in [3.63, 3.8) is 0 Å². The number of nitrogens with one attached hydrogen (secondary N) is 1. The zero-order valence-electron chi connectivity index (χ0n) is 22.0. The summed E-state index contributed by atoms with van der Waals surface area (Å²) in [5.41, 5.74) is 13.7. The second-order valence-electron chi connectivity index (χ2n) is 9.56. The van der Waals surface area contributed by atoms with Crippen molar-refractivity contribution in [1.29, 1.82) is 0 Å². The topological polar surface area (TPSA) is 98.3 Å². The Morgan fingerprint density at radius 2 is 1.89 bits per heavy atom. The van der Waals surface area contributed by atoms with Gasteiger partial charge in [-0.25, -0.2) is 4.98 Å². The van der Waals surface area contributed by atoms with E-state index in [0.29, 0.717) is 28.8 Å². The molecule has 9 heteroatoms. The number of hydrogen-bond donors (Lipinski definition) is 2. The Kier molecular flexibility index (Phi) is 7.21. The van der Waals surface area contributed by atoms with E-state index >= 15 is 0 Å². The summed E-state index contributed by atoms with van der Waals surface area (Å²) in [7, 11) is 5.57. The highest BCUT2D eigenvalue weighted by atomic mass is 35.5. The third-order valence-corrected chi connectivity index (χ3v) is 7.59. The second-order valence-corrected chi connectivity index (χ2v) is 9.94. The van der Waals surface area contributed by atoms with Crippen LogP contribution in [0.4, 0.5) is 5.69 Å². The molecule has 38 heavy (non-hydrogen) atoms. The van der Waals surface area contributed by atoms with Crippen LogP contribution in [0.1, 0.15) is 33.1 Å². The van der Waals surface area contributed by atoms with Gasteiger partial charge in [-0.15, -0.1) is 0 Å². The predicted molar refractivity (Wildman–Crippen MR) is 150 cm³/mol. The van der Waals surface area contributed by atoms with Crippen LogP contribution in [-0.4, -0.2) is 46.0 Å². The minimum Gasteiger partial charge on any atom is -0.496 e. The molecule has 3 heterocycles. The van der Waals surface area contributed by atoms with Crippen molar-refractivity contribution in [2.75, 3.05) is 26.0 Å². The van der Waals surface area contributed by atoms with E-state index < -0.39 is 0 Å². The van der Waals surface area contributed by atoms with Gasteiger partial charge in [-0.2, -0.15) is 0 Å². The number of rotatable bonds is 6. The minimum absolute atomic E-state index is 0.287. The average molecular weight is 531 g/mol. The molecular formula is C29H31ClN6O2. The van der Waals surface area contributed by atoms with Crippen LogP contribution in [0.15, 0.2) is 48.7 Å². The van der Waals surface area contributed by atoms with Gasteiger partial charge >= 0.3 is 0 Å². The number of carbonyl (C=O) groups is 1. The summed E-state index contributed by atoms with van der Waals surface area (Å²) in [5, 5.41) is 3.44. The first-order valence-electron chi connectivity index (χ1n) is 12.5. The van der Waals surface area contributed by atoms with Gasteiger partial charge in [0.15, 0.2) is 5.82 Å². The largest absolute Gasteiger partial charge is 0.496 e. The molecule has 0 unspecified atom stereocenters. The number of fused-ring (bicyclic) bond motifs is 1. The standard InChI is InChI=1S/C29H31ClN6O2/c1-17-19(7-5-8-20(17)23-13-26(38-4)18(14-31)15-32-23)21-9-6-10-22(27(21)30)34-29(37)28-33-24-16-35(2)12-11-25(24)36(28)3/h5-10,13,15H,11-12,14,16,31H2,1-4H3,(H,34,37). The monoisotopic (exact) mass is 530 g/mol. The number of aromatic nitrogens is 3. The van der Waals surface area contributed by atoms with E-state index in [0.717, 1.165) is 64.4 Å². The molecule has 5 rings (SSSR count). The van der Waals surface area contributed by atoms with Gasteiger partial charge in [0.05, 0.1) is 29.2 Å². The smallest absolute Gasteiger partial charge is 0.291 e. The fourth-order valence-electron chi connectivity index (χ4n) is 5.04. The molecule has 4 aromatic rings. The lowest BCUT2D eigenvalue weighted by Crippen LogP contribution is -2.27. The molecule has 1 aliphatic heterocycles. The highest BCUT2D eigenvalue weighted by Crippen LogP contribution is 2.39.